The van der Waals surface area contributed by atoms with Gasteiger partial charge in [-0.15, -0.1) is 10.2 Å². The minimum atomic E-state index is 0.372. The Morgan fingerprint density at radius 1 is 1.33 bits per heavy atom. The lowest BCUT2D eigenvalue weighted by atomic mass is 10.2. The number of hydrogen-bond donors (Lipinski definition) is 1. The lowest BCUT2D eigenvalue weighted by molar-refractivity contribution is 0.618. The SMILES string of the molecule is CC1Nn2c(nnc2-c2cccc(Cl)c2)SC1C. The number of aromatic nitrogens is 3. The van der Waals surface area contributed by atoms with Gasteiger partial charge in [-0.25, -0.2) is 4.68 Å². The van der Waals surface area contributed by atoms with Crippen molar-refractivity contribution in [3.63, 3.8) is 0 Å². The van der Waals surface area contributed by atoms with Crippen molar-refractivity contribution in [2.75, 3.05) is 5.43 Å². The van der Waals surface area contributed by atoms with Crippen LogP contribution < -0.4 is 5.43 Å². The van der Waals surface area contributed by atoms with Crippen LogP contribution in [0.2, 0.25) is 5.02 Å². The third kappa shape index (κ3) is 1.97. The monoisotopic (exact) mass is 280 g/mol. The highest BCUT2D eigenvalue weighted by atomic mass is 35.5. The van der Waals surface area contributed by atoms with Gasteiger partial charge >= 0.3 is 0 Å². The Balaban J connectivity index is 2.05. The van der Waals surface area contributed by atoms with Crippen LogP contribution in [-0.4, -0.2) is 26.2 Å². The number of thioether (sulfide) groups is 1. The molecule has 1 aliphatic rings. The lowest BCUT2D eigenvalue weighted by Crippen LogP contribution is -2.37. The zero-order valence-corrected chi connectivity index (χ0v) is 11.7. The maximum absolute atomic E-state index is 6.01. The molecule has 4 nitrogen and oxygen atoms in total. The maximum atomic E-state index is 6.01. The van der Waals surface area contributed by atoms with Crippen LogP contribution in [0.25, 0.3) is 11.4 Å². The molecule has 0 amide bonds. The maximum Gasteiger partial charge on any atom is 0.210 e. The van der Waals surface area contributed by atoms with Crippen molar-refractivity contribution in [2.45, 2.75) is 30.3 Å². The largest absolute Gasteiger partial charge is 0.318 e. The van der Waals surface area contributed by atoms with Crippen LogP contribution in [0.3, 0.4) is 0 Å². The summed E-state index contributed by atoms with van der Waals surface area (Å²) in [5.74, 6) is 0.804. The summed E-state index contributed by atoms with van der Waals surface area (Å²) in [6.45, 7) is 4.34. The molecule has 2 unspecified atom stereocenters. The summed E-state index contributed by atoms with van der Waals surface area (Å²) >= 11 is 7.75. The predicted molar refractivity (Wildman–Crippen MR) is 74.6 cm³/mol. The second kappa shape index (κ2) is 4.48. The van der Waals surface area contributed by atoms with Gasteiger partial charge in [0.05, 0.1) is 6.04 Å². The van der Waals surface area contributed by atoms with E-state index in [9.17, 15) is 0 Å². The van der Waals surface area contributed by atoms with Gasteiger partial charge in [0.25, 0.3) is 0 Å². The minimum absolute atomic E-state index is 0.372. The van der Waals surface area contributed by atoms with Gasteiger partial charge in [-0.2, -0.15) is 0 Å². The second-order valence-electron chi connectivity index (χ2n) is 4.39. The molecule has 94 valence electrons. The van der Waals surface area contributed by atoms with Gasteiger partial charge < -0.3 is 5.43 Å². The van der Waals surface area contributed by atoms with Crippen molar-refractivity contribution in [3.8, 4) is 11.4 Å². The average Bonchev–Trinajstić information content (AvgIpc) is 2.73. The van der Waals surface area contributed by atoms with E-state index in [-0.39, 0.29) is 0 Å². The highest BCUT2D eigenvalue weighted by molar-refractivity contribution is 7.99. The standard InChI is InChI=1S/C12H13ClN4S/c1-7-8(2)18-12-15-14-11(17(12)16-7)9-4-3-5-10(13)6-9/h3-8,16H,1-2H3. The first-order chi connectivity index (χ1) is 8.65. The molecule has 0 bridgehead atoms. The van der Waals surface area contributed by atoms with E-state index < -0.39 is 0 Å². The molecule has 1 N–H and O–H groups in total. The average molecular weight is 281 g/mol. The van der Waals surface area contributed by atoms with Crippen LogP contribution >= 0.6 is 23.4 Å². The summed E-state index contributed by atoms with van der Waals surface area (Å²) < 4.78 is 1.95. The van der Waals surface area contributed by atoms with Gasteiger partial charge in [0.15, 0.2) is 5.82 Å². The third-order valence-corrected chi connectivity index (χ3v) is 4.53. The van der Waals surface area contributed by atoms with Crippen molar-refractivity contribution < 1.29 is 0 Å². The van der Waals surface area contributed by atoms with E-state index in [1.165, 1.54) is 0 Å². The van der Waals surface area contributed by atoms with Crippen LogP contribution in [-0.2, 0) is 0 Å². The van der Waals surface area contributed by atoms with Crippen molar-refractivity contribution in [1.29, 1.82) is 0 Å². The van der Waals surface area contributed by atoms with E-state index >= 15 is 0 Å². The Morgan fingerprint density at radius 3 is 2.94 bits per heavy atom. The molecule has 0 spiro atoms. The Morgan fingerprint density at radius 2 is 2.17 bits per heavy atom. The summed E-state index contributed by atoms with van der Waals surface area (Å²) in [4.78, 5) is 0. The first-order valence-electron chi connectivity index (χ1n) is 5.79. The van der Waals surface area contributed by atoms with Gasteiger partial charge in [0.2, 0.25) is 5.16 Å². The molecule has 0 saturated carbocycles. The molecule has 18 heavy (non-hydrogen) atoms. The van der Waals surface area contributed by atoms with Gasteiger partial charge in [-0.3, -0.25) is 0 Å². The predicted octanol–water partition coefficient (Wildman–Crippen LogP) is 3.02. The molecule has 6 heteroatoms. The van der Waals surface area contributed by atoms with Crippen LogP contribution in [0.4, 0.5) is 0 Å². The molecule has 2 atom stereocenters. The number of hydrogen-bond acceptors (Lipinski definition) is 4. The summed E-state index contributed by atoms with van der Waals surface area (Å²) in [6.07, 6.45) is 0. The van der Waals surface area contributed by atoms with Crippen molar-refractivity contribution in [2.24, 2.45) is 0 Å². The van der Waals surface area contributed by atoms with Crippen molar-refractivity contribution >= 4 is 23.4 Å². The first kappa shape index (κ1) is 11.9. The molecular formula is C12H13ClN4S. The molecule has 0 saturated heterocycles. The zero-order chi connectivity index (χ0) is 12.7. The topological polar surface area (TPSA) is 42.7 Å². The molecule has 0 radical (unpaired) electrons. The van der Waals surface area contributed by atoms with E-state index in [1.807, 2.05) is 28.9 Å². The lowest BCUT2D eigenvalue weighted by Gasteiger charge is -2.28. The van der Waals surface area contributed by atoms with Crippen LogP contribution in [0.15, 0.2) is 29.4 Å². The second-order valence-corrected chi connectivity index (χ2v) is 6.17. The number of halogens is 1. The molecule has 2 aromatic rings. The number of fused-ring (bicyclic) bond motifs is 1. The minimum Gasteiger partial charge on any atom is -0.318 e. The normalized spacial score (nSPS) is 22.4. The Hall–Kier alpha value is -1.20. The molecule has 2 heterocycles. The highest BCUT2D eigenvalue weighted by Crippen LogP contribution is 2.31. The Bertz CT molecular complexity index is 583. The third-order valence-electron chi connectivity index (χ3n) is 3.04. The van der Waals surface area contributed by atoms with E-state index in [2.05, 4.69) is 29.5 Å². The van der Waals surface area contributed by atoms with Gasteiger partial charge in [0, 0.05) is 15.8 Å². The summed E-state index contributed by atoms with van der Waals surface area (Å²) in [5, 5.41) is 10.5. The smallest absolute Gasteiger partial charge is 0.210 e. The Kier molecular flexibility index (Phi) is 2.95. The fourth-order valence-electron chi connectivity index (χ4n) is 1.85. The molecule has 3 rings (SSSR count). The molecule has 1 aromatic heterocycles. The van der Waals surface area contributed by atoms with Crippen LogP contribution in [0.1, 0.15) is 13.8 Å². The van der Waals surface area contributed by atoms with Crippen LogP contribution in [0.5, 0.6) is 0 Å². The van der Waals surface area contributed by atoms with Crippen molar-refractivity contribution in [3.05, 3.63) is 29.3 Å². The number of benzene rings is 1. The van der Waals surface area contributed by atoms with E-state index in [0.29, 0.717) is 16.3 Å². The number of nitrogens with one attached hydrogen (secondary N) is 1. The summed E-state index contributed by atoms with van der Waals surface area (Å²) in [5.41, 5.74) is 4.37. The Labute approximate surface area is 115 Å². The van der Waals surface area contributed by atoms with Crippen LogP contribution in [0, 0.1) is 0 Å². The van der Waals surface area contributed by atoms with Gasteiger partial charge in [-0.1, -0.05) is 42.4 Å². The fourth-order valence-corrected chi connectivity index (χ4v) is 2.97. The van der Waals surface area contributed by atoms with E-state index in [1.54, 1.807) is 11.8 Å². The number of rotatable bonds is 1. The number of nitrogens with zero attached hydrogens (tertiary/aromatic N) is 3. The van der Waals surface area contributed by atoms with E-state index in [0.717, 1.165) is 16.5 Å². The molecular weight excluding hydrogens is 268 g/mol. The summed E-state index contributed by atoms with van der Waals surface area (Å²) in [6, 6.07) is 8.02. The summed E-state index contributed by atoms with van der Waals surface area (Å²) in [7, 11) is 0. The van der Waals surface area contributed by atoms with Gasteiger partial charge in [0.1, 0.15) is 0 Å². The zero-order valence-electron chi connectivity index (χ0n) is 10.1. The fraction of sp³-hybridized carbons (Fsp3) is 0.333. The van der Waals surface area contributed by atoms with Crippen molar-refractivity contribution in [1.82, 2.24) is 14.9 Å². The molecule has 1 aromatic carbocycles. The van der Waals surface area contributed by atoms with E-state index in [4.69, 9.17) is 11.6 Å². The highest BCUT2D eigenvalue weighted by Gasteiger charge is 2.26. The van der Waals surface area contributed by atoms with Gasteiger partial charge in [-0.05, 0) is 19.1 Å². The molecule has 0 fully saturated rings. The first-order valence-corrected chi connectivity index (χ1v) is 7.05. The molecule has 1 aliphatic heterocycles. The molecule has 0 aliphatic carbocycles. The quantitative estimate of drug-likeness (QED) is 0.872.